The van der Waals surface area contributed by atoms with Crippen LogP contribution in [-0.2, 0) is 13.0 Å². The molecular weight excluding hydrogens is 254 g/mol. The molecule has 1 aromatic heterocycles. The highest BCUT2D eigenvalue weighted by Crippen LogP contribution is 2.15. The van der Waals surface area contributed by atoms with Gasteiger partial charge in [-0.1, -0.05) is 56.2 Å². The molecule has 0 fully saturated rings. The highest BCUT2D eigenvalue weighted by molar-refractivity contribution is 5.14. The first-order chi connectivity index (χ1) is 10.3. The van der Waals surface area contributed by atoms with Gasteiger partial charge >= 0.3 is 0 Å². The Bertz CT molecular complexity index is 478. The van der Waals surface area contributed by atoms with Crippen molar-refractivity contribution in [2.75, 3.05) is 0 Å². The van der Waals surface area contributed by atoms with Crippen LogP contribution in [0.5, 0.6) is 0 Å². The molecule has 0 N–H and O–H groups in total. The summed E-state index contributed by atoms with van der Waals surface area (Å²) in [5, 5.41) is 0. The Morgan fingerprint density at radius 3 is 2.24 bits per heavy atom. The molecule has 1 atom stereocenters. The van der Waals surface area contributed by atoms with Crippen molar-refractivity contribution in [3.63, 3.8) is 0 Å². The summed E-state index contributed by atoms with van der Waals surface area (Å²) in [5.74, 6) is 0.852. The quantitative estimate of drug-likeness (QED) is 0.459. The van der Waals surface area contributed by atoms with E-state index in [1.54, 1.807) is 0 Å². The molecule has 0 saturated carbocycles. The predicted molar refractivity (Wildman–Crippen MR) is 89.0 cm³/mol. The monoisotopic (exact) mass is 282 g/mol. The normalized spacial score (nSPS) is 12.2. The fraction of sp³-hybridized carbons (Fsp3) is 0.450. The zero-order valence-electron chi connectivity index (χ0n) is 13.2. The second-order valence-electron chi connectivity index (χ2n) is 6.09. The van der Waals surface area contributed by atoms with Crippen molar-refractivity contribution in [1.29, 1.82) is 0 Å². The topological polar surface area (TPSA) is 3.88 Å². The Kier molecular flexibility index (Phi) is 7.00. The van der Waals surface area contributed by atoms with E-state index in [0.29, 0.717) is 0 Å². The number of rotatable bonds is 9. The Morgan fingerprint density at radius 1 is 0.810 bits per heavy atom. The summed E-state index contributed by atoms with van der Waals surface area (Å²) in [7, 11) is 0. The molecule has 1 heterocycles. The fourth-order valence-corrected chi connectivity index (χ4v) is 2.82. The lowest BCUT2D eigenvalue weighted by Gasteiger charge is -2.10. The molecule has 0 spiro atoms. The minimum atomic E-state index is 0.852. The van der Waals surface area contributed by atoms with Crippen molar-refractivity contribution in [3.8, 4) is 0 Å². The first kappa shape index (κ1) is 15.8. The first-order valence-corrected chi connectivity index (χ1v) is 8.32. The van der Waals surface area contributed by atoms with E-state index in [-0.39, 0.29) is 0 Å². The molecule has 1 unspecified atom stereocenters. The second kappa shape index (κ2) is 9.33. The molecular formula is C20H28N+. The maximum absolute atomic E-state index is 2.40. The van der Waals surface area contributed by atoms with Crippen LogP contribution in [0, 0.1) is 5.92 Å². The van der Waals surface area contributed by atoms with Crippen molar-refractivity contribution in [2.45, 2.75) is 52.0 Å². The van der Waals surface area contributed by atoms with E-state index in [9.17, 15) is 0 Å². The average molecular weight is 282 g/mol. The van der Waals surface area contributed by atoms with Gasteiger partial charge in [-0.05, 0) is 30.7 Å². The molecule has 1 heteroatoms. The maximum atomic E-state index is 2.40. The predicted octanol–water partition coefficient (Wildman–Crippen LogP) is 4.80. The lowest BCUT2D eigenvalue weighted by Crippen LogP contribution is -2.32. The minimum absolute atomic E-state index is 0.852. The molecule has 2 aromatic rings. The fourth-order valence-electron chi connectivity index (χ4n) is 2.82. The number of unbranched alkanes of at least 4 members (excludes halogenated alkanes) is 1. The molecule has 0 aliphatic heterocycles. The van der Waals surface area contributed by atoms with Crippen LogP contribution in [0.15, 0.2) is 60.9 Å². The van der Waals surface area contributed by atoms with Crippen molar-refractivity contribution >= 4 is 0 Å². The van der Waals surface area contributed by atoms with Gasteiger partial charge in [-0.15, -0.1) is 0 Å². The van der Waals surface area contributed by atoms with E-state index in [1.807, 2.05) is 0 Å². The smallest absolute Gasteiger partial charge is 0.168 e. The second-order valence-corrected chi connectivity index (χ2v) is 6.09. The number of aromatic nitrogens is 1. The van der Waals surface area contributed by atoms with Gasteiger partial charge < -0.3 is 0 Å². The van der Waals surface area contributed by atoms with Crippen LogP contribution in [0.3, 0.4) is 0 Å². The van der Waals surface area contributed by atoms with E-state index >= 15 is 0 Å². The number of hydrogen-bond donors (Lipinski definition) is 0. The SMILES string of the molecule is CC(CCCCc1ccccc1)CCC[n+]1ccccc1. The largest absolute Gasteiger partial charge is 0.205 e. The number of benzene rings is 1. The van der Waals surface area contributed by atoms with E-state index in [1.165, 1.54) is 44.1 Å². The van der Waals surface area contributed by atoms with Crippen LogP contribution in [-0.4, -0.2) is 0 Å². The minimum Gasteiger partial charge on any atom is -0.205 e. The van der Waals surface area contributed by atoms with Gasteiger partial charge in [-0.25, -0.2) is 4.57 Å². The van der Waals surface area contributed by atoms with Crippen molar-refractivity contribution in [3.05, 3.63) is 66.5 Å². The van der Waals surface area contributed by atoms with Gasteiger partial charge in [0.05, 0.1) is 0 Å². The standard InChI is InChI=1S/C20H28N/c1-19(12-10-18-21-16-8-3-9-17-21)11-6-7-15-20-13-4-2-5-14-20/h2-5,8-9,13-14,16-17,19H,6-7,10-12,15,18H2,1H3/q+1. The van der Waals surface area contributed by atoms with Gasteiger partial charge in [0.25, 0.3) is 0 Å². The number of hydrogen-bond acceptors (Lipinski definition) is 0. The Balaban J connectivity index is 1.52. The summed E-state index contributed by atoms with van der Waals surface area (Å²) in [6.07, 6.45) is 12.2. The van der Waals surface area contributed by atoms with Gasteiger partial charge in [0.1, 0.15) is 6.54 Å². The Hall–Kier alpha value is -1.63. The zero-order chi connectivity index (χ0) is 14.8. The van der Waals surface area contributed by atoms with Crippen LogP contribution < -0.4 is 4.57 Å². The molecule has 112 valence electrons. The molecule has 0 radical (unpaired) electrons. The summed E-state index contributed by atoms with van der Waals surface area (Å²) in [6.45, 7) is 3.55. The average Bonchev–Trinajstić information content (AvgIpc) is 2.54. The molecule has 0 aliphatic rings. The summed E-state index contributed by atoms with van der Waals surface area (Å²) >= 11 is 0. The molecule has 1 aromatic carbocycles. The van der Waals surface area contributed by atoms with E-state index < -0.39 is 0 Å². The van der Waals surface area contributed by atoms with E-state index in [4.69, 9.17) is 0 Å². The zero-order valence-corrected chi connectivity index (χ0v) is 13.2. The van der Waals surface area contributed by atoms with Crippen molar-refractivity contribution in [2.24, 2.45) is 5.92 Å². The third kappa shape index (κ3) is 6.57. The lowest BCUT2D eigenvalue weighted by molar-refractivity contribution is -0.697. The Labute approximate surface area is 129 Å². The van der Waals surface area contributed by atoms with E-state index in [0.717, 1.165) is 12.5 Å². The lowest BCUT2D eigenvalue weighted by atomic mass is 9.97. The molecule has 1 nitrogen and oxygen atoms in total. The summed E-state index contributed by atoms with van der Waals surface area (Å²) in [5.41, 5.74) is 1.48. The van der Waals surface area contributed by atoms with Crippen LogP contribution >= 0.6 is 0 Å². The van der Waals surface area contributed by atoms with Crippen molar-refractivity contribution < 1.29 is 4.57 Å². The number of nitrogens with zero attached hydrogens (tertiary/aromatic N) is 1. The molecule has 0 saturated heterocycles. The third-order valence-corrected chi connectivity index (χ3v) is 4.15. The highest BCUT2D eigenvalue weighted by Gasteiger charge is 2.04. The number of pyridine rings is 1. The Morgan fingerprint density at radius 2 is 1.48 bits per heavy atom. The van der Waals surface area contributed by atoms with Crippen LogP contribution in [0.4, 0.5) is 0 Å². The molecule has 0 aliphatic carbocycles. The summed E-state index contributed by atoms with van der Waals surface area (Å²) in [6, 6.07) is 17.1. The first-order valence-electron chi connectivity index (χ1n) is 8.32. The summed E-state index contributed by atoms with van der Waals surface area (Å²) < 4.78 is 2.28. The highest BCUT2D eigenvalue weighted by atomic mass is 14.9. The molecule has 2 rings (SSSR count). The van der Waals surface area contributed by atoms with Gasteiger partial charge in [-0.3, -0.25) is 0 Å². The van der Waals surface area contributed by atoms with Gasteiger partial charge in [0, 0.05) is 18.6 Å². The van der Waals surface area contributed by atoms with Crippen LogP contribution in [0.1, 0.15) is 44.6 Å². The van der Waals surface area contributed by atoms with Crippen molar-refractivity contribution in [1.82, 2.24) is 0 Å². The third-order valence-electron chi connectivity index (χ3n) is 4.15. The number of aryl methyl sites for hydroxylation is 2. The van der Waals surface area contributed by atoms with Gasteiger partial charge in [0.15, 0.2) is 12.4 Å². The van der Waals surface area contributed by atoms with Crippen LogP contribution in [0.2, 0.25) is 0 Å². The van der Waals surface area contributed by atoms with Gasteiger partial charge in [-0.2, -0.15) is 0 Å². The maximum Gasteiger partial charge on any atom is 0.168 e. The van der Waals surface area contributed by atoms with Crippen LogP contribution in [0.25, 0.3) is 0 Å². The molecule has 0 amide bonds. The molecule has 21 heavy (non-hydrogen) atoms. The molecule has 0 bridgehead atoms. The summed E-state index contributed by atoms with van der Waals surface area (Å²) in [4.78, 5) is 0. The van der Waals surface area contributed by atoms with Gasteiger partial charge in [0.2, 0.25) is 0 Å². The van der Waals surface area contributed by atoms with E-state index in [2.05, 4.69) is 72.4 Å².